The van der Waals surface area contributed by atoms with Crippen molar-refractivity contribution in [1.82, 2.24) is 25.9 Å². The number of hydrogen-bond donors (Lipinski definition) is 5. The molecule has 2 aromatic rings. The van der Waals surface area contributed by atoms with Crippen molar-refractivity contribution in [3.8, 4) is 0 Å². The van der Waals surface area contributed by atoms with E-state index >= 15 is 0 Å². The van der Waals surface area contributed by atoms with Gasteiger partial charge in [-0.2, -0.15) is 0 Å². The van der Waals surface area contributed by atoms with Gasteiger partial charge in [0.15, 0.2) is 5.82 Å². The first-order valence-electron chi connectivity index (χ1n) is 11.1. The van der Waals surface area contributed by atoms with E-state index in [-0.39, 0.29) is 0 Å². The fourth-order valence-corrected chi connectivity index (χ4v) is 3.08. The molecule has 1 aromatic heterocycles. The van der Waals surface area contributed by atoms with Gasteiger partial charge in [0.05, 0.1) is 11.5 Å². The van der Waals surface area contributed by atoms with Crippen LogP contribution < -0.4 is 21.3 Å². The minimum absolute atomic E-state index is 0.357. The number of aryl methyl sites for hydroxylation is 1. The second kappa shape index (κ2) is 15.9. The van der Waals surface area contributed by atoms with Crippen LogP contribution in [-0.2, 0) is 6.54 Å². The van der Waals surface area contributed by atoms with Crippen LogP contribution in [0.3, 0.4) is 0 Å². The lowest BCUT2D eigenvalue weighted by atomic mass is 10.1. The van der Waals surface area contributed by atoms with Crippen molar-refractivity contribution < 1.29 is 0 Å². The van der Waals surface area contributed by atoms with E-state index in [2.05, 4.69) is 95.7 Å². The molecule has 0 saturated heterocycles. The summed E-state index contributed by atoms with van der Waals surface area (Å²) < 4.78 is 0. The minimum atomic E-state index is 0.357. The average molecular weight is 459 g/mol. The van der Waals surface area contributed by atoms with Gasteiger partial charge in [-0.05, 0) is 36.9 Å². The van der Waals surface area contributed by atoms with Gasteiger partial charge in [0.2, 0.25) is 5.28 Å². The molecular weight excluding hydrogens is 420 g/mol. The molecule has 1 heterocycles. The van der Waals surface area contributed by atoms with Crippen molar-refractivity contribution in [2.45, 2.75) is 46.1 Å². The molecule has 0 unspecified atom stereocenters. The molecule has 7 heteroatoms. The molecule has 0 bridgehead atoms. The smallest absolute Gasteiger partial charge is 0.202 e. The molecule has 0 aliphatic carbocycles. The van der Waals surface area contributed by atoms with Crippen LogP contribution in [0.2, 0.25) is 5.28 Å². The van der Waals surface area contributed by atoms with Crippen LogP contribution in [0, 0.1) is 6.92 Å². The highest BCUT2D eigenvalue weighted by Crippen LogP contribution is 2.21. The van der Waals surface area contributed by atoms with Gasteiger partial charge < -0.3 is 26.3 Å². The van der Waals surface area contributed by atoms with Crippen molar-refractivity contribution in [1.29, 1.82) is 0 Å². The summed E-state index contributed by atoms with van der Waals surface area (Å²) >= 11 is 6.06. The van der Waals surface area contributed by atoms with E-state index in [4.69, 9.17) is 11.6 Å². The van der Waals surface area contributed by atoms with Crippen LogP contribution in [0.4, 0.5) is 5.82 Å². The summed E-state index contributed by atoms with van der Waals surface area (Å²) in [4.78, 5) is 7.40. The average Bonchev–Trinajstić information content (AvgIpc) is 3.18. The third-order valence-corrected chi connectivity index (χ3v) is 4.89. The normalized spacial score (nSPS) is 9.97. The van der Waals surface area contributed by atoms with E-state index < -0.39 is 0 Å². The summed E-state index contributed by atoms with van der Waals surface area (Å²) in [5.41, 5.74) is 4.12. The molecule has 0 fully saturated rings. The van der Waals surface area contributed by atoms with Crippen LogP contribution in [0.15, 0.2) is 56.4 Å². The summed E-state index contributed by atoms with van der Waals surface area (Å²) in [5.74, 6) is 1.55. The number of rotatable bonds is 15. The van der Waals surface area contributed by atoms with Gasteiger partial charge in [0.25, 0.3) is 0 Å². The summed E-state index contributed by atoms with van der Waals surface area (Å²) in [6.45, 7) is 21.6. The number of aromatic nitrogens is 2. The van der Waals surface area contributed by atoms with E-state index in [1.807, 2.05) is 0 Å². The van der Waals surface area contributed by atoms with Crippen LogP contribution in [-0.4, -0.2) is 29.6 Å². The van der Waals surface area contributed by atoms with Crippen molar-refractivity contribution in [2.75, 3.05) is 25.0 Å². The van der Waals surface area contributed by atoms with Crippen molar-refractivity contribution >= 4 is 23.1 Å². The monoisotopic (exact) mass is 458 g/mol. The number of aromatic amines is 1. The van der Waals surface area contributed by atoms with Crippen molar-refractivity contribution in [2.24, 2.45) is 0 Å². The van der Waals surface area contributed by atoms with Gasteiger partial charge >= 0.3 is 0 Å². The zero-order valence-corrected chi connectivity index (χ0v) is 20.4. The van der Waals surface area contributed by atoms with E-state index in [9.17, 15) is 0 Å². The summed E-state index contributed by atoms with van der Waals surface area (Å²) in [7, 11) is 0. The summed E-state index contributed by atoms with van der Waals surface area (Å²) in [6, 6.07) is 8.48. The lowest BCUT2D eigenvalue weighted by molar-refractivity contribution is 0.665. The number of benzene rings is 1. The molecule has 1 aromatic carbocycles. The van der Waals surface area contributed by atoms with Crippen LogP contribution in [0.25, 0.3) is 5.70 Å². The SMILES string of the molecule is C=C.C=C(NCCCNc1nc(Cl)[nH]c1C(=C)NCCCCC)NCc1ccc(C)cc1. The first-order valence-corrected chi connectivity index (χ1v) is 11.5. The quantitative estimate of drug-likeness (QED) is 0.178. The molecule has 0 aliphatic heterocycles. The standard InChI is InChI=1S/C23H35ClN6.C2H4/c1-5-6-7-13-25-18(3)21-22(30-23(24)29-21)27-15-8-14-26-19(4)28-16-20-11-9-17(2)10-12-20;1-2/h9-12,25-28H,3-8,13-16H2,1-2H3,(H,29,30);1-2H2. The lowest BCUT2D eigenvalue weighted by Crippen LogP contribution is -2.27. The van der Waals surface area contributed by atoms with Crippen molar-refractivity contribution in [3.05, 3.63) is 78.5 Å². The van der Waals surface area contributed by atoms with Gasteiger partial charge in [-0.15, -0.1) is 13.2 Å². The minimum Gasteiger partial charge on any atom is -0.384 e. The topological polar surface area (TPSA) is 76.8 Å². The Morgan fingerprint density at radius 1 is 0.969 bits per heavy atom. The Balaban J connectivity index is 0.00000249. The van der Waals surface area contributed by atoms with Gasteiger partial charge in [-0.3, -0.25) is 0 Å². The first-order chi connectivity index (χ1) is 15.5. The zero-order valence-electron chi connectivity index (χ0n) is 19.6. The Kier molecular flexibility index (Phi) is 13.5. The maximum Gasteiger partial charge on any atom is 0.202 e. The molecule has 5 N–H and O–H groups in total. The summed E-state index contributed by atoms with van der Waals surface area (Å²) in [6.07, 6.45) is 4.42. The number of unbranched alkanes of at least 4 members (excludes halogenated alkanes) is 2. The molecule has 2 rings (SSSR count). The van der Waals surface area contributed by atoms with Crippen molar-refractivity contribution in [3.63, 3.8) is 0 Å². The molecule has 0 atom stereocenters. The van der Waals surface area contributed by atoms with Crippen LogP contribution in [0.1, 0.15) is 49.4 Å². The van der Waals surface area contributed by atoms with Gasteiger partial charge in [-0.1, -0.05) is 62.8 Å². The number of H-pyrrole nitrogens is 1. The maximum atomic E-state index is 6.06. The van der Waals surface area contributed by atoms with Gasteiger partial charge in [0, 0.05) is 26.2 Å². The van der Waals surface area contributed by atoms with Gasteiger partial charge in [0.1, 0.15) is 5.69 Å². The molecule has 6 nitrogen and oxygen atoms in total. The maximum absolute atomic E-state index is 6.06. The van der Waals surface area contributed by atoms with Crippen LogP contribution in [0.5, 0.6) is 0 Å². The molecule has 32 heavy (non-hydrogen) atoms. The number of nitrogens with one attached hydrogen (secondary N) is 5. The Labute approximate surface area is 198 Å². The third kappa shape index (κ3) is 10.4. The Hall–Kier alpha value is -2.86. The highest BCUT2D eigenvalue weighted by Gasteiger charge is 2.11. The predicted molar refractivity (Wildman–Crippen MR) is 140 cm³/mol. The number of imidazole rings is 1. The molecular formula is C25H39ClN6. The van der Waals surface area contributed by atoms with Gasteiger partial charge in [-0.25, -0.2) is 4.98 Å². The van der Waals surface area contributed by atoms with E-state index in [1.165, 1.54) is 24.0 Å². The largest absolute Gasteiger partial charge is 0.384 e. The lowest BCUT2D eigenvalue weighted by Gasteiger charge is -2.13. The number of halogens is 1. The molecule has 176 valence electrons. The van der Waals surface area contributed by atoms with E-state index in [1.54, 1.807) is 0 Å². The second-order valence-corrected chi connectivity index (χ2v) is 7.75. The Bertz CT molecular complexity index is 812. The fraction of sp³-hybridized carbons (Fsp3) is 0.400. The highest BCUT2D eigenvalue weighted by molar-refractivity contribution is 6.28. The number of nitrogens with zero attached hydrogens (tertiary/aromatic N) is 1. The predicted octanol–water partition coefficient (Wildman–Crippen LogP) is 5.58. The fourth-order valence-electron chi connectivity index (χ4n) is 2.90. The number of hydrogen-bond acceptors (Lipinski definition) is 5. The molecule has 0 spiro atoms. The summed E-state index contributed by atoms with van der Waals surface area (Å²) in [5, 5.41) is 13.6. The Morgan fingerprint density at radius 2 is 1.66 bits per heavy atom. The molecule has 0 amide bonds. The molecule has 0 radical (unpaired) electrons. The van der Waals surface area contributed by atoms with E-state index in [0.717, 1.165) is 62.1 Å². The second-order valence-electron chi connectivity index (χ2n) is 7.39. The number of anilines is 1. The molecule has 0 aliphatic rings. The van der Waals surface area contributed by atoms with Crippen LogP contribution >= 0.6 is 11.6 Å². The van der Waals surface area contributed by atoms with E-state index in [0.29, 0.717) is 5.28 Å². The third-order valence-electron chi connectivity index (χ3n) is 4.71. The zero-order chi connectivity index (χ0) is 23.8. The molecule has 0 saturated carbocycles. The Morgan fingerprint density at radius 3 is 2.34 bits per heavy atom. The highest BCUT2D eigenvalue weighted by atomic mass is 35.5. The first kappa shape index (κ1) is 27.2.